The van der Waals surface area contributed by atoms with Crippen LogP contribution in [0.5, 0.6) is 0 Å². The second-order valence-electron chi connectivity index (χ2n) is 4.49. The number of carbonyl (C=O) groups is 2. The minimum atomic E-state index is -0.633. The summed E-state index contributed by atoms with van der Waals surface area (Å²) in [5.74, 6) is -0.0974. The lowest BCUT2D eigenvalue weighted by Gasteiger charge is -2.34. The zero-order valence-corrected chi connectivity index (χ0v) is 10.0. The molecule has 0 spiro atoms. The van der Waals surface area contributed by atoms with Crippen molar-refractivity contribution >= 4 is 29.0 Å². The van der Waals surface area contributed by atoms with Crippen LogP contribution in [0.1, 0.15) is 12.8 Å². The number of amides is 2. The van der Waals surface area contributed by atoms with Crippen molar-refractivity contribution in [1.82, 2.24) is 9.80 Å². The number of nitrogens with two attached hydrogens (primary N) is 1. The van der Waals surface area contributed by atoms with E-state index >= 15 is 0 Å². The van der Waals surface area contributed by atoms with Crippen LogP contribution in [-0.2, 0) is 9.59 Å². The van der Waals surface area contributed by atoms with Crippen LogP contribution in [0, 0.1) is 5.41 Å². The Balaban J connectivity index is 2.07. The van der Waals surface area contributed by atoms with Crippen molar-refractivity contribution in [2.75, 3.05) is 26.7 Å². The average molecular weight is 241 g/mol. The molecule has 88 valence electrons. The molecule has 0 unspecified atom stereocenters. The fourth-order valence-electron chi connectivity index (χ4n) is 1.93. The van der Waals surface area contributed by atoms with Gasteiger partial charge in [0.1, 0.15) is 0 Å². The monoisotopic (exact) mass is 241 g/mol. The molecule has 5 nitrogen and oxygen atoms in total. The number of hydrogen-bond acceptors (Lipinski definition) is 3. The summed E-state index contributed by atoms with van der Waals surface area (Å²) in [6.07, 6.45) is 1.45. The maximum absolute atomic E-state index is 12.2. The predicted octanol–water partition coefficient (Wildman–Crippen LogP) is -0.647. The Labute approximate surface area is 99.6 Å². The summed E-state index contributed by atoms with van der Waals surface area (Å²) < 4.78 is 0. The molecule has 0 aromatic carbocycles. The topological polar surface area (TPSA) is 66.6 Å². The van der Waals surface area contributed by atoms with Gasteiger partial charge in [0.25, 0.3) is 0 Å². The van der Waals surface area contributed by atoms with Crippen LogP contribution in [0.4, 0.5) is 0 Å². The van der Waals surface area contributed by atoms with Gasteiger partial charge in [-0.15, -0.1) is 0 Å². The molecule has 0 bridgehead atoms. The van der Waals surface area contributed by atoms with Gasteiger partial charge in [-0.1, -0.05) is 12.2 Å². The van der Waals surface area contributed by atoms with Crippen LogP contribution in [0.15, 0.2) is 0 Å². The van der Waals surface area contributed by atoms with E-state index in [1.54, 1.807) is 16.8 Å². The lowest BCUT2D eigenvalue weighted by atomic mass is 10.1. The summed E-state index contributed by atoms with van der Waals surface area (Å²) in [5.41, 5.74) is 4.96. The molecule has 0 radical (unpaired) electrons. The van der Waals surface area contributed by atoms with Gasteiger partial charge >= 0.3 is 0 Å². The van der Waals surface area contributed by atoms with E-state index in [1.165, 1.54) is 0 Å². The van der Waals surface area contributed by atoms with E-state index in [-0.39, 0.29) is 23.3 Å². The normalized spacial score (nSPS) is 23.2. The molecule has 0 atom stereocenters. The van der Waals surface area contributed by atoms with E-state index in [0.717, 1.165) is 12.8 Å². The quantitative estimate of drug-likeness (QED) is 0.653. The lowest BCUT2D eigenvalue weighted by Crippen LogP contribution is -2.54. The third-order valence-electron chi connectivity index (χ3n) is 3.38. The Bertz CT molecular complexity index is 365. The zero-order valence-electron chi connectivity index (χ0n) is 9.23. The van der Waals surface area contributed by atoms with E-state index < -0.39 is 5.41 Å². The van der Waals surface area contributed by atoms with E-state index in [4.69, 9.17) is 18.0 Å². The van der Waals surface area contributed by atoms with Crippen LogP contribution in [0.2, 0.25) is 0 Å². The summed E-state index contributed by atoms with van der Waals surface area (Å²) in [6.45, 7) is 1.31. The van der Waals surface area contributed by atoms with Crippen molar-refractivity contribution in [3.63, 3.8) is 0 Å². The van der Waals surface area contributed by atoms with E-state index in [0.29, 0.717) is 13.1 Å². The standard InChI is InChI=1S/C10H15N3O2S/c1-12-4-5-13(6-7(12)14)9(15)10(2-3-10)8(11)16/h2-6H2,1H3,(H2,11,16). The van der Waals surface area contributed by atoms with Crippen molar-refractivity contribution in [1.29, 1.82) is 0 Å². The minimum absolute atomic E-state index is 0.0293. The van der Waals surface area contributed by atoms with Gasteiger partial charge < -0.3 is 15.5 Å². The molecule has 2 aliphatic rings. The van der Waals surface area contributed by atoms with Gasteiger partial charge in [-0.05, 0) is 12.8 Å². The first-order chi connectivity index (χ1) is 7.47. The van der Waals surface area contributed by atoms with Gasteiger partial charge in [0.15, 0.2) is 0 Å². The molecule has 2 amide bonds. The van der Waals surface area contributed by atoms with Crippen molar-refractivity contribution in [2.24, 2.45) is 11.1 Å². The first kappa shape index (κ1) is 11.3. The fraction of sp³-hybridized carbons (Fsp3) is 0.700. The number of carbonyl (C=O) groups excluding carboxylic acids is 2. The molecule has 2 N–H and O–H groups in total. The molecule has 2 fully saturated rings. The highest BCUT2D eigenvalue weighted by Gasteiger charge is 2.54. The van der Waals surface area contributed by atoms with Crippen molar-refractivity contribution < 1.29 is 9.59 Å². The number of thiocarbonyl (C=S) groups is 1. The summed E-state index contributed by atoms with van der Waals surface area (Å²) >= 11 is 4.93. The van der Waals surface area contributed by atoms with E-state index in [2.05, 4.69) is 0 Å². The average Bonchev–Trinajstić information content (AvgIpc) is 3.02. The molecule has 1 saturated heterocycles. The Kier molecular flexibility index (Phi) is 2.61. The van der Waals surface area contributed by atoms with Crippen molar-refractivity contribution in [3.05, 3.63) is 0 Å². The zero-order chi connectivity index (χ0) is 11.9. The highest BCUT2D eigenvalue weighted by molar-refractivity contribution is 7.80. The molecule has 1 saturated carbocycles. The molecular formula is C10H15N3O2S. The highest BCUT2D eigenvalue weighted by atomic mass is 32.1. The van der Waals surface area contributed by atoms with E-state index in [1.807, 2.05) is 0 Å². The van der Waals surface area contributed by atoms with Crippen LogP contribution in [0.3, 0.4) is 0 Å². The molecule has 6 heteroatoms. The van der Waals surface area contributed by atoms with Gasteiger partial charge in [0, 0.05) is 20.1 Å². The smallest absolute Gasteiger partial charge is 0.241 e. The minimum Gasteiger partial charge on any atom is -0.392 e. The van der Waals surface area contributed by atoms with Gasteiger partial charge in [0.05, 0.1) is 16.9 Å². The second kappa shape index (κ2) is 3.69. The summed E-state index contributed by atoms with van der Waals surface area (Å²) in [6, 6.07) is 0. The van der Waals surface area contributed by atoms with Crippen LogP contribution >= 0.6 is 12.2 Å². The van der Waals surface area contributed by atoms with Crippen LogP contribution < -0.4 is 5.73 Å². The Morgan fingerprint density at radius 3 is 2.50 bits per heavy atom. The van der Waals surface area contributed by atoms with Crippen LogP contribution in [-0.4, -0.2) is 53.3 Å². The maximum Gasteiger partial charge on any atom is 0.241 e. The molecule has 1 aliphatic carbocycles. The molecule has 0 aromatic heterocycles. The Morgan fingerprint density at radius 1 is 1.44 bits per heavy atom. The molecule has 1 aliphatic heterocycles. The lowest BCUT2D eigenvalue weighted by molar-refractivity contribution is -0.146. The first-order valence-electron chi connectivity index (χ1n) is 5.30. The van der Waals surface area contributed by atoms with Gasteiger partial charge in [-0.3, -0.25) is 9.59 Å². The van der Waals surface area contributed by atoms with E-state index in [9.17, 15) is 9.59 Å². The number of piperazine rings is 1. The molecule has 1 heterocycles. The number of nitrogens with zero attached hydrogens (tertiary/aromatic N) is 2. The molecule has 2 rings (SSSR count). The maximum atomic E-state index is 12.2. The summed E-state index contributed by atoms with van der Waals surface area (Å²) in [4.78, 5) is 27.1. The third-order valence-corrected chi connectivity index (χ3v) is 3.77. The molecular weight excluding hydrogens is 226 g/mol. The highest BCUT2D eigenvalue weighted by Crippen LogP contribution is 2.47. The largest absolute Gasteiger partial charge is 0.392 e. The van der Waals surface area contributed by atoms with Gasteiger partial charge in [-0.2, -0.15) is 0 Å². The Morgan fingerprint density at radius 2 is 2.06 bits per heavy atom. The Hall–Kier alpha value is -1.17. The number of hydrogen-bond donors (Lipinski definition) is 1. The number of likely N-dealkylation sites (N-methyl/N-ethyl adjacent to an activating group) is 1. The van der Waals surface area contributed by atoms with Crippen molar-refractivity contribution in [2.45, 2.75) is 12.8 Å². The predicted molar refractivity (Wildman–Crippen MR) is 62.7 cm³/mol. The first-order valence-corrected chi connectivity index (χ1v) is 5.71. The summed E-state index contributed by atoms with van der Waals surface area (Å²) in [7, 11) is 1.74. The van der Waals surface area contributed by atoms with Gasteiger partial charge in [0.2, 0.25) is 11.8 Å². The SMILES string of the molecule is CN1CCN(C(=O)C2(C(N)=S)CC2)CC1=O. The van der Waals surface area contributed by atoms with Crippen molar-refractivity contribution in [3.8, 4) is 0 Å². The second-order valence-corrected chi connectivity index (χ2v) is 4.93. The van der Waals surface area contributed by atoms with Gasteiger partial charge in [-0.25, -0.2) is 0 Å². The number of rotatable bonds is 2. The summed E-state index contributed by atoms with van der Waals surface area (Å²) in [5, 5.41) is 0. The fourth-order valence-corrected chi connectivity index (χ4v) is 2.22. The molecule has 16 heavy (non-hydrogen) atoms. The third kappa shape index (κ3) is 1.67. The van der Waals surface area contributed by atoms with Crippen LogP contribution in [0.25, 0.3) is 0 Å². The molecule has 0 aromatic rings.